The Morgan fingerprint density at radius 3 is 2.34 bits per heavy atom. The molecule has 6 heteroatoms. The Bertz CT molecular complexity index is 693. The highest BCUT2D eigenvalue weighted by Crippen LogP contribution is 2.40. The number of hydrogen-bond donors (Lipinski definition) is 2. The molecule has 0 aromatic heterocycles. The first kappa shape index (κ1) is 21.9. The normalized spacial score (nSPS) is 21.6. The highest BCUT2D eigenvalue weighted by molar-refractivity contribution is 5.95. The van der Waals surface area contributed by atoms with Crippen molar-refractivity contribution >= 4 is 11.7 Å². The second-order valence-electron chi connectivity index (χ2n) is 8.76. The van der Waals surface area contributed by atoms with Crippen LogP contribution in [0.5, 0.6) is 0 Å². The van der Waals surface area contributed by atoms with Crippen LogP contribution in [0.4, 0.5) is 4.39 Å². The lowest BCUT2D eigenvalue weighted by atomic mass is 9.68. The number of Topliss-reactive ketones (excluding diaryl/α,β-unsaturated/α-hetero) is 1. The second-order valence-corrected chi connectivity index (χ2v) is 8.76. The molecule has 29 heavy (non-hydrogen) atoms. The van der Waals surface area contributed by atoms with Crippen LogP contribution in [0.2, 0.25) is 0 Å². The van der Waals surface area contributed by atoms with Crippen molar-refractivity contribution < 1.29 is 19.1 Å². The van der Waals surface area contributed by atoms with Gasteiger partial charge in [-0.05, 0) is 68.8 Å². The van der Waals surface area contributed by atoms with Gasteiger partial charge in [0.15, 0.2) is 5.78 Å². The number of carbonyl (C=O) groups is 2. The van der Waals surface area contributed by atoms with Crippen molar-refractivity contribution in [2.24, 2.45) is 17.6 Å². The number of amides is 1. The fraction of sp³-hybridized carbons (Fsp3) is 0.652. The molecule has 1 aromatic rings. The number of piperidine rings is 1. The number of halogens is 1. The van der Waals surface area contributed by atoms with E-state index in [1.165, 1.54) is 30.7 Å². The zero-order valence-electron chi connectivity index (χ0n) is 17.1. The third kappa shape index (κ3) is 5.64. The van der Waals surface area contributed by atoms with E-state index in [9.17, 15) is 19.1 Å². The van der Waals surface area contributed by atoms with Crippen LogP contribution in [-0.2, 0) is 4.79 Å². The first-order valence-electron chi connectivity index (χ1n) is 10.9. The zero-order valence-corrected chi connectivity index (χ0v) is 17.1. The predicted molar refractivity (Wildman–Crippen MR) is 110 cm³/mol. The summed E-state index contributed by atoms with van der Waals surface area (Å²) < 4.78 is 13.0. The standard InChI is InChI=1S/C23H33FN2O3/c24-19-10-8-17(9-11-19)20(27)7-4-14-26-15-12-23(29,13-16-26)21(22(25)28)18-5-2-1-3-6-18/h8-11,18,21,29H,1-7,12-16H2,(H2,25,28). The monoisotopic (exact) mass is 404 g/mol. The van der Waals surface area contributed by atoms with Crippen molar-refractivity contribution in [1.29, 1.82) is 0 Å². The molecule has 1 atom stereocenters. The number of ketones is 1. The first-order chi connectivity index (χ1) is 13.9. The summed E-state index contributed by atoms with van der Waals surface area (Å²) >= 11 is 0. The quantitative estimate of drug-likeness (QED) is 0.651. The summed E-state index contributed by atoms with van der Waals surface area (Å²) in [5, 5.41) is 11.2. The smallest absolute Gasteiger partial charge is 0.223 e. The number of primary amides is 1. The molecule has 0 bridgehead atoms. The molecule has 160 valence electrons. The van der Waals surface area contributed by atoms with Crippen molar-refractivity contribution in [1.82, 2.24) is 4.90 Å². The molecule has 1 saturated heterocycles. The largest absolute Gasteiger partial charge is 0.389 e. The number of nitrogens with two attached hydrogens (primary N) is 1. The van der Waals surface area contributed by atoms with E-state index in [0.717, 1.165) is 38.6 Å². The van der Waals surface area contributed by atoms with E-state index in [0.29, 0.717) is 37.9 Å². The maximum Gasteiger partial charge on any atom is 0.223 e. The molecule has 2 fully saturated rings. The van der Waals surface area contributed by atoms with Gasteiger partial charge in [0.25, 0.3) is 0 Å². The zero-order chi connectivity index (χ0) is 20.9. The fourth-order valence-electron chi connectivity index (χ4n) is 5.12. The van der Waals surface area contributed by atoms with E-state index in [-0.39, 0.29) is 23.4 Å². The molecular weight excluding hydrogens is 371 g/mol. The van der Waals surface area contributed by atoms with Gasteiger partial charge in [-0.3, -0.25) is 9.59 Å². The molecule has 1 aliphatic heterocycles. The van der Waals surface area contributed by atoms with E-state index in [1.54, 1.807) is 0 Å². The van der Waals surface area contributed by atoms with Gasteiger partial charge < -0.3 is 15.7 Å². The summed E-state index contributed by atoms with van der Waals surface area (Å²) in [5.41, 5.74) is 5.26. The maximum absolute atomic E-state index is 13.0. The highest BCUT2D eigenvalue weighted by atomic mass is 19.1. The summed E-state index contributed by atoms with van der Waals surface area (Å²) in [6, 6.07) is 5.65. The average Bonchev–Trinajstić information content (AvgIpc) is 2.70. The molecule has 5 nitrogen and oxygen atoms in total. The summed E-state index contributed by atoms with van der Waals surface area (Å²) in [5.74, 6) is -0.941. The molecule has 1 aliphatic carbocycles. The van der Waals surface area contributed by atoms with Crippen LogP contribution < -0.4 is 5.73 Å². The molecule has 1 unspecified atom stereocenters. The van der Waals surface area contributed by atoms with Crippen LogP contribution in [0.15, 0.2) is 24.3 Å². The van der Waals surface area contributed by atoms with Crippen LogP contribution in [0.25, 0.3) is 0 Å². The Kier molecular flexibility index (Phi) is 7.41. The van der Waals surface area contributed by atoms with E-state index in [2.05, 4.69) is 4.90 Å². The average molecular weight is 405 g/mol. The van der Waals surface area contributed by atoms with Crippen molar-refractivity contribution in [3.8, 4) is 0 Å². The van der Waals surface area contributed by atoms with Gasteiger partial charge in [0.2, 0.25) is 5.91 Å². The van der Waals surface area contributed by atoms with Gasteiger partial charge in [0.1, 0.15) is 5.82 Å². The minimum Gasteiger partial charge on any atom is -0.389 e. The summed E-state index contributed by atoms with van der Waals surface area (Å²) in [4.78, 5) is 26.6. The lowest BCUT2D eigenvalue weighted by Crippen LogP contribution is -2.55. The fourth-order valence-corrected chi connectivity index (χ4v) is 5.12. The molecule has 2 aliphatic rings. The molecule has 1 aromatic carbocycles. The van der Waals surface area contributed by atoms with Crippen LogP contribution in [0.1, 0.15) is 68.1 Å². The number of likely N-dealkylation sites (tertiary alicyclic amines) is 1. The molecule has 1 amide bonds. The number of aliphatic hydroxyl groups is 1. The van der Waals surface area contributed by atoms with Crippen molar-refractivity contribution in [2.75, 3.05) is 19.6 Å². The summed E-state index contributed by atoms with van der Waals surface area (Å²) in [6.07, 6.45) is 7.60. The van der Waals surface area contributed by atoms with Crippen LogP contribution >= 0.6 is 0 Å². The third-order valence-corrected chi connectivity index (χ3v) is 6.77. The molecular formula is C23H33FN2O3. The second kappa shape index (κ2) is 9.81. The molecule has 1 saturated carbocycles. The Balaban J connectivity index is 1.47. The van der Waals surface area contributed by atoms with Gasteiger partial charge in [0, 0.05) is 25.1 Å². The van der Waals surface area contributed by atoms with Crippen LogP contribution in [-0.4, -0.2) is 46.9 Å². The maximum atomic E-state index is 13.0. The summed E-state index contributed by atoms with van der Waals surface area (Å²) in [7, 11) is 0. The van der Waals surface area contributed by atoms with Gasteiger partial charge in [-0.2, -0.15) is 0 Å². The molecule has 1 heterocycles. The van der Waals surface area contributed by atoms with Gasteiger partial charge in [-0.1, -0.05) is 19.3 Å². The van der Waals surface area contributed by atoms with E-state index < -0.39 is 11.5 Å². The Labute approximate surface area is 172 Å². The summed E-state index contributed by atoms with van der Waals surface area (Å²) in [6.45, 7) is 2.18. The number of benzene rings is 1. The van der Waals surface area contributed by atoms with Crippen molar-refractivity contribution in [3.05, 3.63) is 35.6 Å². The molecule has 0 radical (unpaired) electrons. The Morgan fingerprint density at radius 2 is 1.76 bits per heavy atom. The topological polar surface area (TPSA) is 83.6 Å². The van der Waals surface area contributed by atoms with Crippen LogP contribution in [0.3, 0.4) is 0 Å². The Morgan fingerprint density at radius 1 is 1.14 bits per heavy atom. The third-order valence-electron chi connectivity index (χ3n) is 6.77. The SMILES string of the molecule is NC(=O)C(C1CCCCC1)C1(O)CCN(CCCC(=O)c2ccc(F)cc2)CC1. The molecule has 0 spiro atoms. The molecule has 3 rings (SSSR count). The first-order valence-corrected chi connectivity index (χ1v) is 10.9. The highest BCUT2D eigenvalue weighted by Gasteiger charge is 2.46. The van der Waals surface area contributed by atoms with E-state index in [1.807, 2.05) is 0 Å². The lowest BCUT2D eigenvalue weighted by molar-refractivity contribution is -0.143. The van der Waals surface area contributed by atoms with Gasteiger partial charge in [0.05, 0.1) is 11.5 Å². The van der Waals surface area contributed by atoms with E-state index in [4.69, 9.17) is 5.73 Å². The minimum atomic E-state index is -1.01. The number of carbonyl (C=O) groups excluding carboxylic acids is 2. The minimum absolute atomic E-state index is 0.0182. The van der Waals surface area contributed by atoms with Gasteiger partial charge >= 0.3 is 0 Å². The number of rotatable bonds is 8. The number of hydrogen-bond acceptors (Lipinski definition) is 4. The molecule has 3 N–H and O–H groups in total. The number of nitrogens with zero attached hydrogens (tertiary/aromatic N) is 1. The lowest BCUT2D eigenvalue weighted by Gasteiger charge is -2.45. The Hall–Kier alpha value is -1.79. The van der Waals surface area contributed by atoms with Crippen molar-refractivity contribution in [3.63, 3.8) is 0 Å². The van der Waals surface area contributed by atoms with Crippen LogP contribution in [0, 0.1) is 17.7 Å². The van der Waals surface area contributed by atoms with Gasteiger partial charge in [-0.25, -0.2) is 4.39 Å². The predicted octanol–water partition coefficient (Wildman–Crippen LogP) is 3.30. The van der Waals surface area contributed by atoms with Crippen molar-refractivity contribution in [2.45, 2.75) is 63.4 Å². The van der Waals surface area contributed by atoms with Gasteiger partial charge in [-0.15, -0.1) is 0 Å². The van der Waals surface area contributed by atoms with E-state index >= 15 is 0 Å².